The van der Waals surface area contributed by atoms with E-state index in [1.165, 1.54) is 0 Å². The van der Waals surface area contributed by atoms with Crippen LogP contribution in [0.5, 0.6) is 0 Å². The summed E-state index contributed by atoms with van der Waals surface area (Å²) in [5, 5.41) is 14.3. The third-order valence-corrected chi connectivity index (χ3v) is 7.40. The van der Waals surface area contributed by atoms with Gasteiger partial charge >= 0.3 is 0 Å². The number of rotatable bonds is 12. The fourth-order valence-electron chi connectivity index (χ4n) is 2.98. The van der Waals surface area contributed by atoms with Crippen molar-refractivity contribution in [1.29, 1.82) is 0 Å². The zero-order chi connectivity index (χ0) is 22.9. The highest BCUT2D eigenvalue weighted by Gasteiger charge is 2.32. The first kappa shape index (κ1) is 25.9. The number of hydrogen-bond donors (Lipinski definition) is 5. The van der Waals surface area contributed by atoms with Crippen LogP contribution < -0.4 is 21.1 Å². The monoisotopic (exact) mass is 499 g/mol. The molecule has 6 N–H and O–H groups in total. The predicted molar refractivity (Wildman–Crippen MR) is 122 cm³/mol. The van der Waals surface area contributed by atoms with Crippen LogP contribution in [0.1, 0.15) is 25.7 Å². The lowest BCUT2D eigenvalue weighted by Crippen LogP contribution is -2.33. The van der Waals surface area contributed by atoms with Gasteiger partial charge in [-0.2, -0.15) is 0 Å². The lowest BCUT2D eigenvalue weighted by molar-refractivity contribution is 0.458. The van der Waals surface area contributed by atoms with E-state index in [-0.39, 0.29) is 24.2 Å². The van der Waals surface area contributed by atoms with E-state index in [9.17, 15) is 17.2 Å². The number of hydrogen-bond acceptors (Lipinski definition) is 8. The second-order valence-corrected chi connectivity index (χ2v) is 10.3. The van der Waals surface area contributed by atoms with Crippen molar-refractivity contribution in [3.63, 3.8) is 0 Å². The van der Waals surface area contributed by atoms with Crippen LogP contribution in [0, 0.1) is 0 Å². The van der Waals surface area contributed by atoms with Gasteiger partial charge in [-0.15, -0.1) is 11.6 Å². The molecule has 2 aliphatic rings. The van der Waals surface area contributed by atoms with Gasteiger partial charge in [0.2, 0.25) is 0 Å². The third kappa shape index (κ3) is 8.26. The number of nitrogens with two attached hydrogens (primary N) is 1. The van der Waals surface area contributed by atoms with Crippen LogP contribution in [0.25, 0.3) is 0 Å². The molecule has 176 valence electrons. The van der Waals surface area contributed by atoms with Gasteiger partial charge in [0.25, 0.3) is 10.0 Å². The molecule has 0 aromatic heterocycles. The largest absolute Gasteiger partial charge is 0.516 e. The Balaban J connectivity index is 1.83. The normalized spacial score (nSPS) is 23.1. The average Bonchev–Trinajstić information content (AvgIpc) is 3.10. The first-order chi connectivity index (χ1) is 14.8. The molecule has 0 bridgehead atoms. The Bertz CT molecular complexity index is 836. The van der Waals surface area contributed by atoms with E-state index in [0.717, 1.165) is 25.2 Å². The van der Waals surface area contributed by atoms with E-state index in [0.29, 0.717) is 43.5 Å². The number of aliphatic imine (C=N–C) groups is 1. The molecule has 2 rings (SSSR count). The fourth-order valence-corrected chi connectivity index (χ4v) is 5.55. The lowest BCUT2D eigenvalue weighted by atomic mass is 10.1. The molecule has 8 nitrogen and oxygen atoms in total. The quantitative estimate of drug-likeness (QED) is 0.158. The SMILES string of the molecule is NCCC(/C=C/O)NCCCCNC1=CC(F)=C(S(=O)(=O)NC2=NCC(F)S2)CC1Cl. The summed E-state index contributed by atoms with van der Waals surface area (Å²) in [4.78, 5) is 3.26. The van der Waals surface area contributed by atoms with Crippen LogP contribution in [-0.4, -0.2) is 61.8 Å². The number of amidine groups is 1. The molecular weight excluding hydrogens is 472 g/mol. The highest BCUT2D eigenvalue weighted by molar-refractivity contribution is 8.15. The van der Waals surface area contributed by atoms with Gasteiger partial charge in [-0.25, -0.2) is 17.2 Å². The second kappa shape index (κ2) is 12.6. The van der Waals surface area contributed by atoms with E-state index in [1.54, 1.807) is 6.08 Å². The summed E-state index contributed by atoms with van der Waals surface area (Å²) in [6, 6.07) is 0.00818. The highest BCUT2D eigenvalue weighted by Crippen LogP contribution is 2.31. The molecule has 1 aliphatic heterocycles. The van der Waals surface area contributed by atoms with E-state index in [1.807, 2.05) is 0 Å². The number of thioether (sulfide) groups is 1. The van der Waals surface area contributed by atoms with Crippen LogP contribution >= 0.6 is 23.4 Å². The van der Waals surface area contributed by atoms with Crippen molar-refractivity contribution in [1.82, 2.24) is 15.4 Å². The molecular formula is C18H28ClF2N5O3S2. The second-order valence-electron chi connectivity index (χ2n) is 6.94. The topological polar surface area (TPSA) is 129 Å². The maximum absolute atomic E-state index is 14.5. The summed E-state index contributed by atoms with van der Waals surface area (Å²) >= 11 is 6.91. The Morgan fingerprint density at radius 1 is 1.42 bits per heavy atom. The summed E-state index contributed by atoms with van der Waals surface area (Å²) in [5.74, 6) is -0.908. The molecule has 0 radical (unpaired) electrons. The molecule has 3 atom stereocenters. The number of allylic oxidation sites excluding steroid dienone is 4. The molecule has 13 heteroatoms. The van der Waals surface area contributed by atoms with Crippen molar-refractivity contribution in [3.8, 4) is 0 Å². The maximum atomic E-state index is 14.5. The molecule has 0 aromatic carbocycles. The molecule has 1 heterocycles. The number of unbranched alkanes of at least 4 members (excludes halogenated alkanes) is 1. The maximum Gasteiger partial charge on any atom is 0.262 e. The zero-order valence-corrected chi connectivity index (χ0v) is 19.2. The molecule has 0 fully saturated rings. The minimum Gasteiger partial charge on any atom is -0.516 e. The van der Waals surface area contributed by atoms with Crippen molar-refractivity contribution < 1.29 is 22.3 Å². The Hall–Kier alpha value is -1.34. The smallest absolute Gasteiger partial charge is 0.262 e. The first-order valence-electron chi connectivity index (χ1n) is 9.87. The minimum atomic E-state index is -4.21. The molecule has 0 amide bonds. The van der Waals surface area contributed by atoms with Crippen molar-refractivity contribution in [3.05, 3.63) is 34.8 Å². The van der Waals surface area contributed by atoms with Gasteiger partial charge in [-0.3, -0.25) is 9.71 Å². The number of aliphatic hydroxyl groups is 1. The zero-order valence-electron chi connectivity index (χ0n) is 16.9. The van der Waals surface area contributed by atoms with Crippen LogP contribution in [-0.2, 0) is 10.0 Å². The van der Waals surface area contributed by atoms with Crippen LogP contribution in [0.4, 0.5) is 8.78 Å². The lowest BCUT2D eigenvalue weighted by Gasteiger charge is -2.22. The average molecular weight is 500 g/mol. The van der Waals surface area contributed by atoms with Crippen LogP contribution in [0.15, 0.2) is 39.8 Å². The van der Waals surface area contributed by atoms with Crippen molar-refractivity contribution >= 4 is 38.6 Å². The Morgan fingerprint density at radius 3 is 2.81 bits per heavy atom. The van der Waals surface area contributed by atoms with Gasteiger partial charge in [-0.1, -0.05) is 0 Å². The Labute approximate surface area is 190 Å². The van der Waals surface area contributed by atoms with Crippen molar-refractivity contribution in [2.75, 3.05) is 26.2 Å². The number of aliphatic hydroxyl groups excluding tert-OH is 1. The van der Waals surface area contributed by atoms with E-state index in [4.69, 9.17) is 22.4 Å². The predicted octanol–water partition coefficient (Wildman–Crippen LogP) is 2.13. The summed E-state index contributed by atoms with van der Waals surface area (Å²) in [6.45, 7) is 1.61. The summed E-state index contributed by atoms with van der Waals surface area (Å²) < 4.78 is 54.6. The Morgan fingerprint density at radius 2 is 2.16 bits per heavy atom. The molecule has 1 aliphatic carbocycles. The van der Waals surface area contributed by atoms with Gasteiger partial charge in [0.1, 0.15) is 10.7 Å². The van der Waals surface area contributed by atoms with Crippen LogP contribution in [0.2, 0.25) is 0 Å². The standard InChI is InChI=1S/C18H28ClF2N5O3S2/c19-13-9-16(31(28,29)26-18-25-11-17(21)30-18)14(20)10-15(13)24-7-2-1-6-23-12(3-5-22)4-8-27/h4,8,10,12-13,17,23-24,27H,1-3,5-7,9,11,22H2,(H,25,26)/b8-4+. The van der Waals surface area contributed by atoms with Gasteiger partial charge in [0.15, 0.2) is 10.7 Å². The molecule has 31 heavy (non-hydrogen) atoms. The number of nitrogens with one attached hydrogen (secondary N) is 3. The molecule has 0 spiro atoms. The summed E-state index contributed by atoms with van der Waals surface area (Å²) in [6.07, 6.45) is 5.79. The number of halogens is 3. The van der Waals surface area contributed by atoms with Gasteiger partial charge in [0.05, 0.1) is 18.2 Å². The van der Waals surface area contributed by atoms with Gasteiger partial charge in [0, 0.05) is 24.7 Å². The van der Waals surface area contributed by atoms with Gasteiger partial charge in [-0.05, 0) is 56.3 Å². The van der Waals surface area contributed by atoms with E-state index < -0.39 is 31.6 Å². The number of nitrogens with zero attached hydrogens (tertiary/aromatic N) is 1. The first-order valence-corrected chi connectivity index (χ1v) is 12.7. The van der Waals surface area contributed by atoms with Crippen molar-refractivity contribution in [2.45, 2.75) is 42.6 Å². The highest BCUT2D eigenvalue weighted by atomic mass is 35.5. The van der Waals surface area contributed by atoms with E-state index >= 15 is 0 Å². The molecule has 0 saturated heterocycles. The summed E-state index contributed by atoms with van der Waals surface area (Å²) in [5.41, 5.74) is 4.62. The summed E-state index contributed by atoms with van der Waals surface area (Å²) in [7, 11) is -4.21. The fraction of sp³-hybridized carbons (Fsp3) is 0.611. The number of alkyl halides is 2. The molecule has 0 saturated carbocycles. The van der Waals surface area contributed by atoms with Crippen molar-refractivity contribution in [2.24, 2.45) is 10.7 Å². The number of sulfonamides is 1. The molecule has 3 unspecified atom stereocenters. The third-order valence-electron chi connectivity index (χ3n) is 4.55. The Kier molecular flexibility index (Phi) is 10.6. The van der Waals surface area contributed by atoms with E-state index in [2.05, 4.69) is 20.3 Å². The van der Waals surface area contributed by atoms with Gasteiger partial charge < -0.3 is 21.5 Å². The molecule has 0 aromatic rings. The van der Waals surface area contributed by atoms with Crippen LogP contribution in [0.3, 0.4) is 0 Å². The minimum absolute atomic E-state index is 0.00818.